The van der Waals surface area contributed by atoms with Gasteiger partial charge in [0.15, 0.2) is 0 Å². The van der Waals surface area contributed by atoms with E-state index < -0.39 is 23.7 Å². The number of amides is 3. The Morgan fingerprint density at radius 1 is 1.26 bits per heavy atom. The standard InChI is InChI=1S/C24H42N6O3.CH4/c1-14(2)13-17-19-20(22(32)28-24(3,4)5)29-12-8-10-16(29)21(31)27-15(23(33)30(17)19)9-6-7-11-18(25)26;/h14-17,19-20H,6-13H2,1-5H3,(H3,25,26)(H,27,31)(H,28,32);1H4/t15-,16+,17-,19+,20?,30?;/m0./s1. The first-order valence-electron chi connectivity index (χ1n) is 12.4. The zero-order valence-corrected chi connectivity index (χ0v) is 20.8. The van der Waals surface area contributed by atoms with Gasteiger partial charge >= 0.3 is 0 Å². The largest absolute Gasteiger partial charge is 0.388 e. The van der Waals surface area contributed by atoms with Crippen LogP contribution in [0.2, 0.25) is 0 Å². The molecule has 3 heterocycles. The maximum Gasteiger partial charge on any atom is 0.245 e. The summed E-state index contributed by atoms with van der Waals surface area (Å²) in [7, 11) is 0. The lowest BCUT2D eigenvalue weighted by Crippen LogP contribution is -2.58. The zero-order valence-electron chi connectivity index (χ0n) is 20.8. The molecule has 3 aliphatic rings. The summed E-state index contributed by atoms with van der Waals surface area (Å²) >= 11 is 0. The van der Waals surface area contributed by atoms with Crippen LogP contribution in [0.3, 0.4) is 0 Å². The van der Waals surface area contributed by atoms with E-state index in [2.05, 4.69) is 24.5 Å². The number of hydrogen-bond donors (Lipinski definition) is 4. The lowest BCUT2D eigenvalue weighted by atomic mass is 9.99. The summed E-state index contributed by atoms with van der Waals surface area (Å²) < 4.78 is 0. The van der Waals surface area contributed by atoms with Crippen molar-refractivity contribution in [2.45, 2.75) is 123 Å². The number of nitrogens with zero attached hydrogens (tertiary/aromatic N) is 2. The summed E-state index contributed by atoms with van der Waals surface area (Å²) in [5.41, 5.74) is 5.06. The van der Waals surface area contributed by atoms with Crippen LogP contribution in [0.4, 0.5) is 0 Å². The average molecular weight is 479 g/mol. The Hall–Kier alpha value is -2.16. The van der Waals surface area contributed by atoms with Gasteiger partial charge in [-0.15, -0.1) is 0 Å². The second-order valence-corrected chi connectivity index (χ2v) is 11.3. The van der Waals surface area contributed by atoms with Crippen molar-refractivity contribution in [3.8, 4) is 0 Å². The maximum absolute atomic E-state index is 13.6. The highest BCUT2D eigenvalue weighted by Crippen LogP contribution is 2.41. The Balaban J connectivity index is 0.00000408. The number of nitrogens with one attached hydrogen (secondary N) is 3. The van der Waals surface area contributed by atoms with Crippen LogP contribution in [-0.4, -0.2) is 75.6 Å². The van der Waals surface area contributed by atoms with E-state index in [4.69, 9.17) is 11.1 Å². The molecule has 0 spiro atoms. The molecule has 3 fully saturated rings. The zero-order chi connectivity index (χ0) is 24.5. The van der Waals surface area contributed by atoms with E-state index in [0.717, 1.165) is 12.8 Å². The van der Waals surface area contributed by atoms with Gasteiger partial charge in [0.25, 0.3) is 0 Å². The minimum atomic E-state index is -0.601. The van der Waals surface area contributed by atoms with Crippen molar-refractivity contribution < 1.29 is 14.4 Å². The fraction of sp³-hybridized carbons (Fsp3) is 0.840. The van der Waals surface area contributed by atoms with Crippen molar-refractivity contribution in [3.63, 3.8) is 0 Å². The summed E-state index contributed by atoms with van der Waals surface area (Å²) in [6.07, 6.45) is 4.79. The Labute approximate surface area is 205 Å². The van der Waals surface area contributed by atoms with Crippen LogP contribution in [0.1, 0.15) is 87.0 Å². The molecule has 0 aromatic heterocycles. The fourth-order valence-corrected chi connectivity index (χ4v) is 5.43. The number of carbonyl (C=O) groups excluding carboxylic acids is 3. The van der Waals surface area contributed by atoms with Crippen molar-refractivity contribution >= 4 is 23.6 Å². The highest BCUT2D eigenvalue weighted by atomic mass is 16.2. The van der Waals surface area contributed by atoms with Gasteiger partial charge < -0.3 is 21.3 Å². The van der Waals surface area contributed by atoms with E-state index in [0.29, 0.717) is 44.6 Å². The SMILES string of the molecule is C.CC(C)C[C@H]1[C@@H]2C(C(=O)NC(C)(C)C)N3CCC[C@@H]3C(=O)N[C@@H](CCCCC(=N)N)C(=O)N12. The van der Waals surface area contributed by atoms with Gasteiger partial charge in [-0.25, -0.2) is 0 Å². The van der Waals surface area contributed by atoms with Crippen LogP contribution in [0.5, 0.6) is 0 Å². The first kappa shape index (κ1) is 28.1. The quantitative estimate of drug-likeness (QED) is 0.183. The number of rotatable bonds is 8. The highest BCUT2D eigenvalue weighted by Gasteiger charge is 2.61. The van der Waals surface area contributed by atoms with Crippen molar-refractivity contribution in [2.24, 2.45) is 11.7 Å². The molecular weight excluding hydrogens is 432 g/mol. The maximum atomic E-state index is 13.6. The average Bonchev–Trinajstić information content (AvgIpc) is 3.12. The Morgan fingerprint density at radius 3 is 2.53 bits per heavy atom. The molecule has 1 unspecified atom stereocenters. The third-order valence-electron chi connectivity index (χ3n) is 6.80. The fourth-order valence-electron chi connectivity index (χ4n) is 5.43. The van der Waals surface area contributed by atoms with Gasteiger partial charge in [-0.2, -0.15) is 0 Å². The van der Waals surface area contributed by atoms with Gasteiger partial charge in [-0.1, -0.05) is 27.7 Å². The van der Waals surface area contributed by atoms with E-state index in [1.165, 1.54) is 0 Å². The molecule has 194 valence electrons. The molecule has 0 aliphatic carbocycles. The van der Waals surface area contributed by atoms with Crippen molar-refractivity contribution in [1.82, 2.24) is 20.4 Å². The van der Waals surface area contributed by atoms with Crippen molar-refractivity contribution in [1.29, 1.82) is 5.41 Å². The lowest BCUT2D eigenvalue weighted by Gasteiger charge is -2.33. The first-order valence-corrected chi connectivity index (χ1v) is 12.4. The predicted molar refractivity (Wildman–Crippen MR) is 134 cm³/mol. The molecule has 0 saturated carbocycles. The van der Waals surface area contributed by atoms with Gasteiger partial charge in [0.1, 0.15) is 12.1 Å². The number of amidine groups is 1. The normalized spacial score (nSPS) is 29.2. The second kappa shape index (κ2) is 11.1. The first-order chi connectivity index (χ1) is 15.4. The minimum absolute atomic E-state index is 0. The van der Waals surface area contributed by atoms with Gasteiger partial charge in [0, 0.05) is 12.0 Å². The second-order valence-electron chi connectivity index (χ2n) is 11.3. The van der Waals surface area contributed by atoms with Gasteiger partial charge in [0.2, 0.25) is 17.7 Å². The van der Waals surface area contributed by atoms with E-state index in [1.807, 2.05) is 30.6 Å². The molecule has 5 N–H and O–H groups in total. The number of fused-ring (bicyclic) bond motifs is 2. The molecule has 0 radical (unpaired) electrons. The Morgan fingerprint density at radius 2 is 1.94 bits per heavy atom. The van der Waals surface area contributed by atoms with Crippen LogP contribution in [0.25, 0.3) is 0 Å². The summed E-state index contributed by atoms with van der Waals surface area (Å²) in [6, 6.07) is -1.73. The molecule has 5 atom stereocenters. The molecule has 34 heavy (non-hydrogen) atoms. The Kier molecular flexibility index (Phi) is 9.13. The van der Waals surface area contributed by atoms with Gasteiger partial charge in [-0.05, 0) is 65.3 Å². The van der Waals surface area contributed by atoms with Crippen molar-refractivity contribution in [2.75, 3.05) is 6.54 Å². The number of nitrogens with two attached hydrogens (primary N) is 1. The molecular formula is C25H46N6O3. The van der Waals surface area contributed by atoms with E-state index in [1.54, 1.807) is 0 Å². The van der Waals surface area contributed by atoms with Crippen molar-refractivity contribution in [3.05, 3.63) is 0 Å². The van der Waals surface area contributed by atoms with E-state index in [-0.39, 0.29) is 43.1 Å². The Bertz CT molecular complexity index is 777. The van der Waals surface area contributed by atoms with Crippen LogP contribution in [0, 0.1) is 11.3 Å². The molecule has 0 aromatic carbocycles. The summed E-state index contributed by atoms with van der Waals surface area (Å²) in [6.45, 7) is 10.8. The molecule has 0 bridgehead atoms. The third kappa shape index (κ3) is 6.49. The molecule has 3 rings (SSSR count). The molecule has 0 aromatic rings. The van der Waals surface area contributed by atoms with Crippen LogP contribution in [0.15, 0.2) is 0 Å². The minimum Gasteiger partial charge on any atom is -0.388 e. The molecule has 3 aliphatic heterocycles. The summed E-state index contributed by atoms with van der Waals surface area (Å²) in [5.74, 6) is 0.182. The molecule has 3 saturated heterocycles. The lowest BCUT2D eigenvalue weighted by molar-refractivity contribution is -0.134. The van der Waals surface area contributed by atoms with E-state index in [9.17, 15) is 14.4 Å². The third-order valence-corrected chi connectivity index (χ3v) is 6.80. The van der Waals surface area contributed by atoms with Crippen LogP contribution >= 0.6 is 0 Å². The summed E-state index contributed by atoms with van der Waals surface area (Å²) in [4.78, 5) is 44.3. The van der Waals surface area contributed by atoms with Crippen LogP contribution in [-0.2, 0) is 14.4 Å². The predicted octanol–water partition coefficient (Wildman–Crippen LogP) is 1.99. The topological polar surface area (TPSA) is 131 Å². The summed E-state index contributed by atoms with van der Waals surface area (Å²) in [5, 5.41) is 13.5. The smallest absolute Gasteiger partial charge is 0.245 e. The number of hydrogen-bond acceptors (Lipinski definition) is 5. The molecule has 3 amide bonds. The van der Waals surface area contributed by atoms with Crippen LogP contribution < -0.4 is 16.4 Å². The van der Waals surface area contributed by atoms with Gasteiger partial charge in [0.05, 0.1) is 24.0 Å². The number of carbonyl (C=O) groups is 3. The highest BCUT2D eigenvalue weighted by molar-refractivity contribution is 5.95. The monoisotopic (exact) mass is 478 g/mol. The number of unbranched alkanes of at least 4 members (excludes halogenated alkanes) is 1. The van der Waals surface area contributed by atoms with Gasteiger partial charge in [-0.3, -0.25) is 24.7 Å². The molecule has 9 heteroatoms. The molecule has 9 nitrogen and oxygen atoms in total. The van der Waals surface area contributed by atoms with E-state index >= 15 is 0 Å².